The number of hydrogen-bond donors (Lipinski definition) is 1. The Labute approximate surface area is 216 Å². The van der Waals surface area contributed by atoms with Crippen molar-refractivity contribution in [2.75, 3.05) is 6.54 Å². The van der Waals surface area contributed by atoms with Gasteiger partial charge >= 0.3 is 6.09 Å². The molecule has 3 saturated carbocycles. The van der Waals surface area contributed by atoms with Gasteiger partial charge in [0, 0.05) is 13.0 Å². The van der Waals surface area contributed by atoms with Crippen LogP contribution in [-0.4, -0.2) is 18.7 Å². The molecule has 0 aromatic heterocycles. The van der Waals surface area contributed by atoms with Crippen molar-refractivity contribution in [2.24, 2.45) is 52.3 Å². The largest absolute Gasteiger partial charge is 0.446 e. The van der Waals surface area contributed by atoms with Gasteiger partial charge in [-0.1, -0.05) is 79.4 Å². The molecule has 0 radical (unpaired) electrons. The second-order valence-corrected chi connectivity index (χ2v) is 14.3. The number of carbonyl (C=O) groups excluding carboxylic acids is 1. The summed E-state index contributed by atoms with van der Waals surface area (Å²) in [6, 6.07) is 0. The van der Waals surface area contributed by atoms with Crippen molar-refractivity contribution in [1.29, 1.82) is 0 Å². The Balaban J connectivity index is 1.40. The highest BCUT2D eigenvalue weighted by atomic mass is 16.6. The Bertz CT molecular complexity index is 772. The Hall–Kier alpha value is -0.990. The van der Waals surface area contributed by atoms with E-state index >= 15 is 0 Å². The molecule has 4 aliphatic carbocycles. The van der Waals surface area contributed by atoms with Crippen molar-refractivity contribution in [1.82, 2.24) is 5.32 Å². The van der Waals surface area contributed by atoms with Crippen LogP contribution in [0.25, 0.3) is 0 Å². The standard InChI is InChI=1S/C32H55NO2/c1-21(2)9-8-10-23(5)27-13-14-28-26-12-11-24-19-25(35-30(34)33-20-22(3)4)15-17-31(24,6)29(26)16-18-32(27,28)7/h11,21-23,25-29H,8-10,12-20H2,1-7H3,(H,33,34)/t23-,25+,26+,27-,28+,29+,31+,32-/m1/s1. The highest BCUT2D eigenvalue weighted by molar-refractivity contribution is 5.67. The fraction of sp³-hybridized carbons (Fsp3) is 0.906. The quantitative estimate of drug-likeness (QED) is 0.349. The number of rotatable bonds is 8. The number of hydrogen-bond acceptors (Lipinski definition) is 2. The number of alkyl carbamates (subject to hydrolysis) is 1. The van der Waals surface area contributed by atoms with E-state index in [1.165, 1.54) is 57.8 Å². The molecule has 0 saturated heterocycles. The topological polar surface area (TPSA) is 38.3 Å². The molecule has 0 aromatic carbocycles. The molecule has 0 spiro atoms. The third-order valence-electron chi connectivity index (χ3n) is 11.2. The highest BCUT2D eigenvalue weighted by Gasteiger charge is 2.59. The van der Waals surface area contributed by atoms with Crippen LogP contribution in [-0.2, 0) is 4.74 Å². The molecule has 35 heavy (non-hydrogen) atoms. The molecule has 3 nitrogen and oxygen atoms in total. The van der Waals surface area contributed by atoms with Gasteiger partial charge < -0.3 is 10.1 Å². The molecule has 0 unspecified atom stereocenters. The van der Waals surface area contributed by atoms with E-state index in [1.807, 2.05) is 0 Å². The van der Waals surface area contributed by atoms with E-state index in [2.05, 4.69) is 59.9 Å². The molecule has 3 fully saturated rings. The lowest BCUT2D eigenvalue weighted by molar-refractivity contribution is -0.0581. The van der Waals surface area contributed by atoms with Crippen LogP contribution in [0.4, 0.5) is 4.79 Å². The Morgan fingerprint density at radius 2 is 1.77 bits per heavy atom. The van der Waals surface area contributed by atoms with Crippen molar-refractivity contribution in [2.45, 2.75) is 125 Å². The molecule has 3 heteroatoms. The first-order valence-corrected chi connectivity index (χ1v) is 15.2. The molecule has 0 aliphatic heterocycles. The summed E-state index contributed by atoms with van der Waals surface area (Å²) in [5.74, 6) is 5.68. The smallest absolute Gasteiger partial charge is 0.407 e. The first kappa shape index (κ1) is 27.1. The maximum atomic E-state index is 12.3. The van der Waals surface area contributed by atoms with Gasteiger partial charge in [0.25, 0.3) is 0 Å². The van der Waals surface area contributed by atoms with Gasteiger partial charge in [-0.25, -0.2) is 4.79 Å². The average molecular weight is 486 g/mol. The van der Waals surface area contributed by atoms with Gasteiger partial charge in [0.05, 0.1) is 0 Å². The number of allylic oxidation sites excluding steroid dienone is 1. The molecular formula is C32H55NO2. The van der Waals surface area contributed by atoms with Gasteiger partial charge in [-0.2, -0.15) is 0 Å². The van der Waals surface area contributed by atoms with Crippen molar-refractivity contribution in [3.63, 3.8) is 0 Å². The lowest BCUT2D eigenvalue weighted by atomic mass is 9.47. The maximum absolute atomic E-state index is 12.3. The molecule has 4 rings (SSSR count). The summed E-state index contributed by atoms with van der Waals surface area (Å²) in [4.78, 5) is 12.3. The SMILES string of the molecule is CC(C)CCC[C@@H](C)[C@H]1CC[C@H]2[C@@H]3CC=C4C[C@@H](OC(=O)NCC(C)C)CC[C@]4(C)[C@H]3CC[C@]12C. The Kier molecular flexibility index (Phi) is 8.33. The van der Waals surface area contributed by atoms with E-state index in [1.54, 1.807) is 5.57 Å². The maximum Gasteiger partial charge on any atom is 0.407 e. The third-order valence-corrected chi connectivity index (χ3v) is 11.2. The van der Waals surface area contributed by atoms with Crippen LogP contribution in [0.5, 0.6) is 0 Å². The Morgan fingerprint density at radius 1 is 1.00 bits per heavy atom. The summed E-state index contributed by atoms with van der Waals surface area (Å²) in [5.41, 5.74) is 2.47. The van der Waals surface area contributed by atoms with E-state index in [0.717, 1.165) is 48.3 Å². The zero-order valence-electron chi connectivity index (χ0n) is 24.0. The fourth-order valence-corrected chi connectivity index (χ4v) is 9.23. The van der Waals surface area contributed by atoms with E-state index in [4.69, 9.17) is 4.74 Å². The molecule has 8 atom stereocenters. The molecule has 4 aliphatic rings. The van der Waals surface area contributed by atoms with Gasteiger partial charge in [0.2, 0.25) is 0 Å². The van der Waals surface area contributed by atoms with Crippen LogP contribution in [0.2, 0.25) is 0 Å². The second-order valence-electron chi connectivity index (χ2n) is 14.3. The van der Waals surface area contributed by atoms with Gasteiger partial charge in [0.1, 0.15) is 6.10 Å². The van der Waals surface area contributed by atoms with Crippen molar-refractivity contribution >= 4 is 6.09 Å². The minimum Gasteiger partial charge on any atom is -0.446 e. The van der Waals surface area contributed by atoms with Gasteiger partial charge in [-0.05, 0) is 97.2 Å². The molecule has 0 aromatic rings. The fourth-order valence-electron chi connectivity index (χ4n) is 9.23. The molecule has 200 valence electrons. The van der Waals surface area contributed by atoms with Gasteiger partial charge in [0.15, 0.2) is 0 Å². The lowest BCUT2D eigenvalue weighted by Gasteiger charge is -2.58. The summed E-state index contributed by atoms with van der Waals surface area (Å²) in [5, 5.41) is 2.94. The van der Waals surface area contributed by atoms with E-state index in [-0.39, 0.29) is 12.2 Å². The summed E-state index contributed by atoms with van der Waals surface area (Å²) in [6.45, 7) is 17.5. The number of amides is 1. The van der Waals surface area contributed by atoms with E-state index in [9.17, 15) is 4.79 Å². The second kappa shape index (κ2) is 10.8. The van der Waals surface area contributed by atoms with Crippen LogP contribution in [0.1, 0.15) is 119 Å². The third kappa shape index (κ3) is 5.49. The Morgan fingerprint density at radius 3 is 2.49 bits per heavy atom. The van der Waals surface area contributed by atoms with Crippen LogP contribution in [0.15, 0.2) is 11.6 Å². The lowest BCUT2D eigenvalue weighted by Crippen LogP contribution is -2.51. The predicted molar refractivity (Wildman–Crippen MR) is 146 cm³/mol. The molecule has 0 bridgehead atoms. The zero-order valence-corrected chi connectivity index (χ0v) is 24.0. The molecule has 0 heterocycles. The van der Waals surface area contributed by atoms with Crippen LogP contribution >= 0.6 is 0 Å². The van der Waals surface area contributed by atoms with Crippen LogP contribution in [0, 0.1) is 52.3 Å². The number of carbonyl (C=O) groups is 1. The number of nitrogens with one attached hydrogen (secondary N) is 1. The minimum absolute atomic E-state index is 0.0504. The molecule has 1 N–H and O–H groups in total. The van der Waals surface area contributed by atoms with Gasteiger partial charge in [-0.3, -0.25) is 0 Å². The van der Waals surface area contributed by atoms with Crippen molar-refractivity contribution in [3.05, 3.63) is 11.6 Å². The summed E-state index contributed by atoms with van der Waals surface area (Å²) in [6.07, 6.45) is 16.8. The van der Waals surface area contributed by atoms with Gasteiger partial charge in [-0.15, -0.1) is 0 Å². The zero-order chi connectivity index (χ0) is 25.4. The minimum atomic E-state index is -0.227. The molecular weight excluding hydrogens is 430 g/mol. The monoisotopic (exact) mass is 485 g/mol. The van der Waals surface area contributed by atoms with E-state index in [0.29, 0.717) is 23.3 Å². The first-order valence-electron chi connectivity index (χ1n) is 15.2. The van der Waals surface area contributed by atoms with Crippen molar-refractivity contribution < 1.29 is 9.53 Å². The van der Waals surface area contributed by atoms with Crippen LogP contribution < -0.4 is 5.32 Å². The van der Waals surface area contributed by atoms with Crippen LogP contribution in [0.3, 0.4) is 0 Å². The number of fused-ring (bicyclic) bond motifs is 5. The normalized spacial score (nSPS) is 39.5. The van der Waals surface area contributed by atoms with Crippen molar-refractivity contribution in [3.8, 4) is 0 Å². The summed E-state index contributed by atoms with van der Waals surface area (Å²) < 4.78 is 5.85. The first-order chi connectivity index (χ1) is 16.5. The average Bonchev–Trinajstić information content (AvgIpc) is 3.15. The van der Waals surface area contributed by atoms with E-state index < -0.39 is 0 Å². The summed E-state index contributed by atoms with van der Waals surface area (Å²) >= 11 is 0. The molecule has 1 amide bonds. The summed E-state index contributed by atoms with van der Waals surface area (Å²) in [7, 11) is 0. The predicted octanol–water partition coefficient (Wildman–Crippen LogP) is 8.78. The number of ether oxygens (including phenoxy) is 1. The highest BCUT2D eigenvalue weighted by Crippen LogP contribution is 2.67.